The van der Waals surface area contributed by atoms with Gasteiger partial charge in [0.1, 0.15) is 5.53 Å². The number of nitrogens with zero attached hydrogens (tertiary/aromatic N) is 2. The quantitative estimate of drug-likeness (QED) is 0.305. The lowest BCUT2D eigenvalue weighted by molar-refractivity contribution is 0.0994. The smallest absolute Gasteiger partial charge is 0.259 e. The Bertz CT molecular complexity index is 1130. The van der Waals surface area contributed by atoms with E-state index in [1.807, 2.05) is 48.5 Å². The van der Waals surface area contributed by atoms with Crippen LogP contribution in [-0.4, -0.2) is 5.91 Å². The Morgan fingerprint density at radius 3 is 2.22 bits per heavy atom. The van der Waals surface area contributed by atoms with Crippen molar-refractivity contribution in [3.05, 3.63) is 72.3 Å². The molecule has 0 saturated carbocycles. The molecule has 0 spiro atoms. The first-order chi connectivity index (χ1) is 11.3. The van der Waals surface area contributed by atoms with E-state index in [1.165, 1.54) is 0 Å². The SMILES string of the molecule is N=[N+]=NC(=O)c1cc2ccccc2c2c1ccc1ccccc12. The molecule has 0 aromatic heterocycles. The first-order valence-electron chi connectivity index (χ1n) is 7.24. The summed E-state index contributed by atoms with van der Waals surface area (Å²) < 4.78 is 0. The summed E-state index contributed by atoms with van der Waals surface area (Å²) in [7, 11) is 0. The van der Waals surface area contributed by atoms with Crippen LogP contribution in [0.2, 0.25) is 0 Å². The first kappa shape index (κ1) is 13.3. The van der Waals surface area contributed by atoms with E-state index in [4.69, 9.17) is 5.53 Å². The minimum absolute atomic E-state index is 0.473. The Kier molecular flexibility index (Phi) is 2.97. The number of fused-ring (bicyclic) bond motifs is 5. The van der Waals surface area contributed by atoms with Gasteiger partial charge in [0.15, 0.2) is 0 Å². The van der Waals surface area contributed by atoms with Gasteiger partial charge in [0.05, 0.1) is 5.56 Å². The molecular weight excluding hydrogens is 286 g/mol. The van der Waals surface area contributed by atoms with Crippen LogP contribution in [0.25, 0.3) is 32.3 Å². The normalized spacial score (nSPS) is 10.8. The number of benzene rings is 4. The molecule has 0 radical (unpaired) electrons. The molecule has 0 unspecified atom stereocenters. The molecule has 0 bridgehead atoms. The second kappa shape index (κ2) is 5.13. The van der Waals surface area contributed by atoms with E-state index in [-0.39, 0.29) is 0 Å². The van der Waals surface area contributed by atoms with Gasteiger partial charge in [-0.15, -0.1) is 0 Å². The second-order valence-electron chi connectivity index (χ2n) is 5.36. The maximum absolute atomic E-state index is 12.3. The van der Waals surface area contributed by atoms with Gasteiger partial charge in [-0.3, -0.25) is 4.79 Å². The van der Waals surface area contributed by atoms with Crippen molar-refractivity contribution in [3.63, 3.8) is 0 Å². The molecular formula is C19H12N3O+. The predicted molar refractivity (Wildman–Crippen MR) is 90.6 cm³/mol. The van der Waals surface area contributed by atoms with Crippen LogP contribution >= 0.6 is 0 Å². The van der Waals surface area contributed by atoms with Gasteiger partial charge >= 0.3 is 5.91 Å². The Morgan fingerprint density at radius 2 is 1.48 bits per heavy atom. The zero-order valence-corrected chi connectivity index (χ0v) is 12.2. The van der Waals surface area contributed by atoms with Crippen LogP contribution in [0.3, 0.4) is 0 Å². The lowest BCUT2D eigenvalue weighted by Crippen LogP contribution is -1.97. The van der Waals surface area contributed by atoms with Gasteiger partial charge in [-0.1, -0.05) is 60.7 Å². The second-order valence-corrected chi connectivity index (χ2v) is 5.36. The number of hydrogen-bond acceptors (Lipinski definition) is 2. The molecule has 0 fully saturated rings. The van der Waals surface area contributed by atoms with Gasteiger partial charge < -0.3 is 0 Å². The van der Waals surface area contributed by atoms with E-state index in [2.05, 4.69) is 28.2 Å². The Hall–Kier alpha value is -3.36. The van der Waals surface area contributed by atoms with E-state index in [0.29, 0.717) is 5.56 Å². The third kappa shape index (κ3) is 2.01. The van der Waals surface area contributed by atoms with E-state index in [1.54, 1.807) is 0 Å². The molecule has 1 amide bonds. The van der Waals surface area contributed by atoms with Crippen molar-refractivity contribution in [3.8, 4) is 0 Å². The van der Waals surface area contributed by atoms with E-state index in [0.717, 1.165) is 32.3 Å². The van der Waals surface area contributed by atoms with Crippen LogP contribution in [0.4, 0.5) is 0 Å². The van der Waals surface area contributed by atoms with Crippen molar-refractivity contribution in [2.75, 3.05) is 0 Å². The lowest BCUT2D eigenvalue weighted by atomic mass is 9.93. The van der Waals surface area contributed by atoms with Crippen molar-refractivity contribution in [2.24, 2.45) is 5.11 Å². The highest BCUT2D eigenvalue weighted by Gasteiger charge is 2.17. The Morgan fingerprint density at radius 1 is 0.826 bits per heavy atom. The fraction of sp³-hybridized carbons (Fsp3) is 0. The zero-order valence-electron chi connectivity index (χ0n) is 12.2. The fourth-order valence-electron chi connectivity index (χ4n) is 3.15. The molecule has 23 heavy (non-hydrogen) atoms. The maximum Gasteiger partial charge on any atom is 0.361 e. The molecule has 0 atom stereocenters. The Balaban J connectivity index is 2.29. The molecule has 0 aliphatic heterocycles. The summed E-state index contributed by atoms with van der Waals surface area (Å²) in [5.74, 6) is -0.494. The van der Waals surface area contributed by atoms with Gasteiger partial charge in [0.2, 0.25) is 10.0 Å². The summed E-state index contributed by atoms with van der Waals surface area (Å²) in [4.78, 5) is 15.1. The third-order valence-corrected chi connectivity index (χ3v) is 4.12. The minimum atomic E-state index is -0.494. The van der Waals surface area contributed by atoms with E-state index in [9.17, 15) is 4.79 Å². The number of amides is 1. The predicted octanol–water partition coefficient (Wildman–Crippen LogP) is 4.84. The van der Waals surface area contributed by atoms with Crippen molar-refractivity contribution in [2.45, 2.75) is 0 Å². The molecule has 1 N–H and O–H groups in total. The molecule has 0 aliphatic carbocycles. The summed E-state index contributed by atoms with van der Waals surface area (Å²) in [6.07, 6.45) is 0. The van der Waals surface area contributed by atoms with Crippen molar-refractivity contribution >= 4 is 38.2 Å². The Labute approximate surface area is 131 Å². The number of hydrogen-bond donors (Lipinski definition) is 1. The van der Waals surface area contributed by atoms with Crippen LogP contribution in [-0.2, 0) is 0 Å². The van der Waals surface area contributed by atoms with E-state index >= 15 is 0 Å². The molecule has 4 aromatic rings. The topological polar surface area (TPSA) is 67.4 Å². The summed E-state index contributed by atoms with van der Waals surface area (Å²) in [5.41, 5.74) is 7.29. The minimum Gasteiger partial charge on any atom is -0.259 e. The summed E-state index contributed by atoms with van der Waals surface area (Å²) in [5, 5.41) is 9.54. The standard InChI is InChI=1S/C19H12N3O/c20-22-21-19(23)17-11-13-6-2-4-8-15(13)18-14-7-3-1-5-12(14)9-10-16(17)18/h1-11,20H/q+1. The molecule has 4 aromatic carbocycles. The summed E-state index contributed by atoms with van der Waals surface area (Å²) in [6, 6.07) is 21.9. The first-order valence-corrected chi connectivity index (χ1v) is 7.24. The largest absolute Gasteiger partial charge is 0.361 e. The number of nitrogens with one attached hydrogen (secondary N) is 1. The van der Waals surface area contributed by atoms with Gasteiger partial charge in [-0.25, -0.2) is 0 Å². The highest BCUT2D eigenvalue weighted by atomic mass is 16.1. The molecule has 0 saturated heterocycles. The average Bonchev–Trinajstić information content (AvgIpc) is 2.60. The van der Waals surface area contributed by atoms with Crippen LogP contribution in [0, 0.1) is 5.53 Å². The number of carbonyl (C=O) groups is 1. The molecule has 4 nitrogen and oxygen atoms in total. The molecule has 4 heteroatoms. The molecule has 0 aliphatic rings. The van der Waals surface area contributed by atoms with E-state index < -0.39 is 5.91 Å². The van der Waals surface area contributed by atoms with Crippen molar-refractivity contribution < 1.29 is 4.79 Å². The highest BCUT2D eigenvalue weighted by molar-refractivity contribution is 6.25. The molecule has 4 rings (SSSR count). The van der Waals surface area contributed by atoms with Crippen molar-refractivity contribution in [1.82, 2.24) is 4.91 Å². The maximum atomic E-state index is 12.3. The summed E-state index contributed by atoms with van der Waals surface area (Å²) in [6.45, 7) is 0. The van der Waals surface area contributed by atoms with Crippen LogP contribution in [0.15, 0.2) is 71.8 Å². The van der Waals surface area contributed by atoms with Gasteiger partial charge in [-0.05, 0) is 38.4 Å². The van der Waals surface area contributed by atoms with Gasteiger partial charge in [0, 0.05) is 0 Å². The number of rotatable bonds is 1. The monoisotopic (exact) mass is 298 g/mol. The van der Waals surface area contributed by atoms with Crippen LogP contribution in [0.5, 0.6) is 0 Å². The lowest BCUT2D eigenvalue weighted by Gasteiger charge is -2.10. The third-order valence-electron chi connectivity index (χ3n) is 4.12. The highest BCUT2D eigenvalue weighted by Crippen LogP contribution is 2.34. The van der Waals surface area contributed by atoms with Crippen LogP contribution < -0.4 is 4.91 Å². The van der Waals surface area contributed by atoms with Gasteiger partial charge in [0.25, 0.3) is 0 Å². The number of carbonyl (C=O) groups excluding carboxylic acids is 1. The molecule has 108 valence electrons. The molecule has 0 heterocycles. The van der Waals surface area contributed by atoms with Gasteiger partial charge in [-0.2, -0.15) is 0 Å². The zero-order chi connectivity index (χ0) is 15.8. The van der Waals surface area contributed by atoms with Crippen LogP contribution in [0.1, 0.15) is 10.4 Å². The summed E-state index contributed by atoms with van der Waals surface area (Å²) >= 11 is 0. The fourth-order valence-corrected chi connectivity index (χ4v) is 3.15. The average molecular weight is 298 g/mol. The van der Waals surface area contributed by atoms with Crippen molar-refractivity contribution in [1.29, 1.82) is 5.53 Å².